The zero-order chi connectivity index (χ0) is 13.1. The van der Waals surface area contributed by atoms with Crippen LogP contribution in [0.4, 0.5) is 4.79 Å². The Bertz CT molecular complexity index is 546. The summed E-state index contributed by atoms with van der Waals surface area (Å²) < 4.78 is 0. The number of carbonyl (C=O) groups is 3. The monoisotopic (exact) mass is 261 g/mol. The SMILES string of the molecule is CCC(=O)c1ccc(/C=C2\SC(=O)NC2=O)cc1. The smallest absolute Gasteiger partial charge is 0.290 e. The minimum Gasteiger partial charge on any atom is -0.294 e. The third-order valence-corrected chi connectivity index (χ3v) is 3.30. The van der Waals surface area contributed by atoms with Gasteiger partial charge in [-0.25, -0.2) is 0 Å². The van der Waals surface area contributed by atoms with Crippen molar-refractivity contribution in [3.63, 3.8) is 0 Å². The van der Waals surface area contributed by atoms with Gasteiger partial charge >= 0.3 is 0 Å². The molecule has 0 spiro atoms. The zero-order valence-corrected chi connectivity index (χ0v) is 10.5. The highest BCUT2D eigenvalue weighted by Crippen LogP contribution is 2.25. The Balaban J connectivity index is 2.21. The zero-order valence-electron chi connectivity index (χ0n) is 9.73. The Labute approximate surface area is 108 Å². The number of imide groups is 1. The number of thioether (sulfide) groups is 1. The molecule has 1 N–H and O–H groups in total. The summed E-state index contributed by atoms with van der Waals surface area (Å²) in [5.41, 5.74) is 1.44. The van der Waals surface area contributed by atoms with E-state index in [2.05, 4.69) is 5.32 Å². The first-order valence-corrected chi connectivity index (χ1v) is 6.30. The van der Waals surface area contributed by atoms with Crippen molar-refractivity contribution < 1.29 is 14.4 Å². The number of hydrogen-bond acceptors (Lipinski definition) is 4. The van der Waals surface area contributed by atoms with Gasteiger partial charge in [-0.05, 0) is 23.4 Å². The molecule has 1 aliphatic heterocycles. The Morgan fingerprint density at radius 1 is 1.28 bits per heavy atom. The Morgan fingerprint density at radius 3 is 2.44 bits per heavy atom. The van der Waals surface area contributed by atoms with Crippen LogP contribution in [0.1, 0.15) is 29.3 Å². The van der Waals surface area contributed by atoms with Crippen LogP contribution in [-0.2, 0) is 4.79 Å². The molecule has 0 atom stereocenters. The molecule has 0 bridgehead atoms. The van der Waals surface area contributed by atoms with Crippen molar-refractivity contribution in [3.05, 3.63) is 40.3 Å². The van der Waals surface area contributed by atoms with Gasteiger partial charge in [0.25, 0.3) is 11.1 Å². The number of benzene rings is 1. The molecule has 5 heteroatoms. The largest absolute Gasteiger partial charge is 0.294 e. The van der Waals surface area contributed by atoms with Gasteiger partial charge in [-0.15, -0.1) is 0 Å². The molecule has 0 saturated carbocycles. The standard InChI is InChI=1S/C13H11NO3S/c1-2-10(15)9-5-3-8(4-6-9)7-11-12(16)14-13(17)18-11/h3-7H,2H2,1H3,(H,14,16,17)/b11-7-. The molecular weight excluding hydrogens is 250 g/mol. The molecule has 1 aromatic carbocycles. The number of nitrogens with one attached hydrogen (secondary N) is 1. The molecule has 18 heavy (non-hydrogen) atoms. The Kier molecular flexibility index (Phi) is 3.62. The first kappa shape index (κ1) is 12.6. The fourth-order valence-corrected chi connectivity index (χ4v) is 2.22. The van der Waals surface area contributed by atoms with Crippen molar-refractivity contribution in [2.75, 3.05) is 0 Å². The van der Waals surface area contributed by atoms with Gasteiger partial charge in [-0.2, -0.15) is 0 Å². The molecule has 1 saturated heterocycles. The van der Waals surface area contributed by atoms with E-state index in [1.807, 2.05) is 6.92 Å². The van der Waals surface area contributed by atoms with Crippen molar-refractivity contribution in [3.8, 4) is 0 Å². The van der Waals surface area contributed by atoms with Gasteiger partial charge in [0.15, 0.2) is 5.78 Å². The molecule has 2 amide bonds. The predicted octanol–water partition coefficient (Wildman–Crippen LogP) is 2.60. The highest BCUT2D eigenvalue weighted by molar-refractivity contribution is 8.18. The maximum Gasteiger partial charge on any atom is 0.290 e. The van der Waals surface area contributed by atoms with Gasteiger partial charge in [-0.3, -0.25) is 19.7 Å². The quantitative estimate of drug-likeness (QED) is 0.671. The van der Waals surface area contributed by atoms with Crippen molar-refractivity contribution in [2.24, 2.45) is 0 Å². The molecule has 1 heterocycles. The van der Waals surface area contributed by atoms with E-state index in [9.17, 15) is 14.4 Å². The fourth-order valence-electron chi connectivity index (χ4n) is 1.54. The van der Waals surface area contributed by atoms with Crippen molar-refractivity contribution in [1.29, 1.82) is 0 Å². The highest BCUT2D eigenvalue weighted by Gasteiger charge is 2.24. The Morgan fingerprint density at radius 2 is 1.94 bits per heavy atom. The number of rotatable bonds is 3. The first-order chi connectivity index (χ1) is 8.60. The summed E-state index contributed by atoms with van der Waals surface area (Å²) in [6, 6.07) is 6.95. The van der Waals surface area contributed by atoms with Crippen LogP contribution in [0.3, 0.4) is 0 Å². The average Bonchev–Trinajstić information content (AvgIpc) is 2.68. The lowest BCUT2D eigenvalue weighted by Gasteiger charge is -1.99. The van der Waals surface area contributed by atoms with Crippen LogP contribution in [0.15, 0.2) is 29.2 Å². The van der Waals surface area contributed by atoms with E-state index in [0.29, 0.717) is 16.9 Å². The Hall–Kier alpha value is -1.88. The first-order valence-electron chi connectivity index (χ1n) is 5.48. The number of Topliss-reactive ketones (excluding diaryl/α,β-unsaturated/α-hetero) is 1. The lowest BCUT2D eigenvalue weighted by Crippen LogP contribution is -2.17. The summed E-state index contributed by atoms with van der Waals surface area (Å²) in [5.74, 6) is -0.295. The maximum atomic E-state index is 11.4. The summed E-state index contributed by atoms with van der Waals surface area (Å²) in [6.45, 7) is 1.81. The van der Waals surface area contributed by atoms with Crippen LogP contribution in [0.2, 0.25) is 0 Å². The molecule has 2 rings (SSSR count). The molecule has 4 nitrogen and oxygen atoms in total. The molecule has 0 aromatic heterocycles. The molecule has 1 fully saturated rings. The molecule has 1 aromatic rings. The van der Waals surface area contributed by atoms with E-state index in [1.54, 1.807) is 30.3 Å². The van der Waals surface area contributed by atoms with Crippen LogP contribution in [0, 0.1) is 0 Å². The summed E-state index contributed by atoms with van der Waals surface area (Å²) in [6.07, 6.45) is 2.10. The number of amides is 2. The van der Waals surface area contributed by atoms with Crippen LogP contribution < -0.4 is 5.32 Å². The van der Waals surface area contributed by atoms with Crippen LogP contribution in [-0.4, -0.2) is 16.9 Å². The molecule has 92 valence electrons. The summed E-state index contributed by atoms with van der Waals surface area (Å²) in [5, 5.41) is 1.83. The van der Waals surface area contributed by atoms with Gasteiger partial charge in [0.2, 0.25) is 0 Å². The highest BCUT2D eigenvalue weighted by atomic mass is 32.2. The third-order valence-electron chi connectivity index (χ3n) is 2.49. The lowest BCUT2D eigenvalue weighted by atomic mass is 10.1. The molecule has 1 aliphatic rings. The third kappa shape index (κ3) is 2.68. The number of carbonyl (C=O) groups excluding carboxylic acids is 3. The van der Waals surface area contributed by atoms with E-state index in [1.165, 1.54) is 0 Å². The topological polar surface area (TPSA) is 63.2 Å². The van der Waals surface area contributed by atoms with Gasteiger partial charge in [0, 0.05) is 12.0 Å². The number of ketones is 1. The average molecular weight is 261 g/mol. The molecule has 0 unspecified atom stereocenters. The molecular formula is C13H11NO3S. The second-order valence-corrected chi connectivity index (χ2v) is 4.77. The second-order valence-electron chi connectivity index (χ2n) is 3.75. The normalized spacial score (nSPS) is 17.1. The van der Waals surface area contributed by atoms with Gasteiger partial charge in [-0.1, -0.05) is 31.2 Å². The van der Waals surface area contributed by atoms with Crippen LogP contribution in [0.5, 0.6) is 0 Å². The maximum absolute atomic E-state index is 11.4. The van der Waals surface area contributed by atoms with Gasteiger partial charge < -0.3 is 0 Å². The van der Waals surface area contributed by atoms with Gasteiger partial charge in [0.1, 0.15) is 0 Å². The van der Waals surface area contributed by atoms with E-state index in [0.717, 1.165) is 17.3 Å². The van der Waals surface area contributed by atoms with Crippen LogP contribution >= 0.6 is 11.8 Å². The summed E-state index contributed by atoms with van der Waals surface area (Å²) in [4.78, 5) is 34.1. The van der Waals surface area contributed by atoms with E-state index in [-0.39, 0.29) is 16.9 Å². The summed E-state index contributed by atoms with van der Waals surface area (Å²) >= 11 is 0.878. The van der Waals surface area contributed by atoms with E-state index >= 15 is 0 Å². The van der Waals surface area contributed by atoms with Crippen molar-refractivity contribution >= 4 is 34.8 Å². The predicted molar refractivity (Wildman–Crippen MR) is 70.2 cm³/mol. The minimum atomic E-state index is -0.376. The van der Waals surface area contributed by atoms with E-state index in [4.69, 9.17) is 0 Å². The van der Waals surface area contributed by atoms with Crippen molar-refractivity contribution in [1.82, 2.24) is 5.32 Å². The number of hydrogen-bond donors (Lipinski definition) is 1. The lowest BCUT2D eigenvalue weighted by molar-refractivity contribution is -0.115. The molecule has 0 radical (unpaired) electrons. The van der Waals surface area contributed by atoms with Gasteiger partial charge in [0.05, 0.1) is 4.91 Å². The fraction of sp³-hybridized carbons (Fsp3) is 0.154. The van der Waals surface area contributed by atoms with Crippen molar-refractivity contribution in [2.45, 2.75) is 13.3 Å². The second kappa shape index (κ2) is 5.18. The summed E-state index contributed by atoms with van der Waals surface area (Å²) in [7, 11) is 0. The minimum absolute atomic E-state index is 0.0809. The van der Waals surface area contributed by atoms with E-state index < -0.39 is 0 Å². The molecule has 0 aliphatic carbocycles. The van der Waals surface area contributed by atoms with Crippen LogP contribution in [0.25, 0.3) is 6.08 Å².